The Hall–Kier alpha value is -2.67. The molecule has 0 saturated heterocycles. The fourth-order valence-corrected chi connectivity index (χ4v) is 5.71. The van der Waals surface area contributed by atoms with Crippen molar-refractivity contribution in [3.63, 3.8) is 0 Å². The van der Waals surface area contributed by atoms with Gasteiger partial charge in [-0.05, 0) is 49.6 Å². The quantitative estimate of drug-likeness (QED) is 0.775. The number of methoxy groups -OCH3 is 1. The third-order valence-corrected chi connectivity index (χ3v) is 7.82. The molecule has 0 aliphatic heterocycles. The number of hydrogen-bond donors (Lipinski definition) is 1. The zero-order valence-electron chi connectivity index (χ0n) is 15.9. The van der Waals surface area contributed by atoms with Crippen LogP contribution in [0.3, 0.4) is 0 Å². The van der Waals surface area contributed by atoms with Crippen molar-refractivity contribution < 1.29 is 22.7 Å². The molecule has 1 N–H and O–H groups in total. The van der Waals surface area contributed by atoms with Crippen molar-refractivity contribution >= 4 is 27.4 Å². The summed E-state index contributed by atoms with van der Waals surface area (Å²) in [6.07, 6.45) is 1.87. The van der Waals surface area contributed by atoms with E-state index in [1.165, 1.54) is 25.3 Å². The van der Waals surface area contributed by atoms with E-state index < -0.39 is 26.5 Å². The maximum atomic E-state index is 13.4. The fraction of sp³-hybridized carbons (Fsp3) is 0.333. The molecule has 1 saturated carbocycles. The predicted octanol–water partition coefficient (Wildman–Crippen LogP) is 3.51. The number of sulfone groups is 1. The molecule has 1 aliphatic carbocycles. The fourth-order valence-electron chi connectivity index (χ4n) is 3.63. The molecule has 1 amide bonds. The van der Waals surface area contributed by atoms with Crippen LogP contribution in [-0.4, -0.2) is 32.2 Å². The van der Waals surface area contributed by atoms with E-state index in [-0.39, 0.29) is 23.3 Å². The van der Waals surface area contributed by atoms with Crippen molar-refractivity contribution in [2.75, 3.05) is 12.4 Å². The van der Waals surface area contributed by atoms with Crippen molar-refractivity contribution in [3.8, 4) is 0 Å². The van der Waals surface area contributed by atoms with Crippen molar-refractivity contribution in [2.24, 2.45) is 0 Å². The summed E-state index contributed by atoms with van der Waals surface area (Å²) in [5.74, 6) is -1.08. The predicted molar refractivity (Wildman–Crippen MR) is 106 cm³/mol. The van der Waals surface area contributed by atoms with Gasteiger partial charge in [-0.15, -0.1) is 0 Å². The summed E-state index contributed by atoms with van der Waals surface area (Å²) in [6.45, 7) is 1.78. The summed E-state index contributed by atoms with van der Waals surface area (Å²) in [6, 6.07) is 12.9. The number of amides is 1. The number of carbonyl (C=O) groups is 2. The zero-order chi connectivity index (χ0) is 20.4. The van der Waals surface area contributed by atoms with Crippen LogP contribution < -0.4 is 5.32 Å². The van der Waals surface area contributed by atoms with Crippen LogP contribution in [0.15, 0.2) is 53.4 Å². The van der Waals surface area contributed by atoms with Gasteiger partial charge in [0.2, 0.25) is 5.91 Å². The lowest BCUT2D eigenvalue weighted by Crippen LogP contribution is -2.47. The number of hydrogen-bond acceptors (Lipinski definition) is 5. The van der Waals surface area contributed by atoms with Gasteiger partial charge in [0.15, 0.2) is 14.6 Å². The Bertz CT molecular complexity index is 993. The second-order valence-electron chi connectivity index (χ2n) is 6.99. The molecule has 0 atom stereocenters. The molecule has 148 valence electrons. The molecule has 2 aromatic rings. The Morgan fingerprint density at radius 1 is 1.04 bits per heavy atom. The zero-order valence-corrected chi connectivity index (χ0v) is 16.7. The highest BCUT2D eigenvalue weighted by Crippen LogP contribution is 2.41. The number of anilines is 1. The van der Waals surface area contributed by atoms with Crippen LogP contribution in [0.4, 0.5) is 5.69 Å². The van der Waals surface area contributed by atoms with Gasteiger partial charge in [0.1, 0.15) is 0 Å². The minimum atomic E-state index is -3.87. The highest BCUT2D eigenvalue weighted by atomic mass is 32.2. The van der Waals surface area contributed by atoms with Gasteiger partial charge in [-0.1, -0.05) is 37.1 Å². The van der Waals surface area contributed by atoms with E-state index in [2.05, 4.69) is 5.32 Å². The van der Waals surface area contributed by atoms with E-state index in [1.54, 1.807) is 37.3 Å². The first-order valence-electron chi connectivity index (χ1n) is 9.12. The van der Waals surface area contributed by atoms with Crippen molar-refractivity contribution in [1.82, 2.24) is 0 Å². The molecule has 1 fully saturated rings. The van der Waals surface area contributed by atoms with Crippen LogP contribution in [-0.2, 0) is 19.4 Å². The van der Waals surface area contributed by atoms with Gasteiger partial charge in [0.25, 0.3) is 0 Å². The molecule has 2 aromatic carbocycles. The molecule has 28 heavy (non-hydrogen) atoms. The Balaban J connectivity index is 1.99. The summed E-state index contributed by atoms with van der Waals surface area (Å²) in [7, 11) is -2.59. The van der Waals surface area contributed by atoms with E-state index in [4.69, 9.17) is 4.74 Å². The Morgan fingerprint density at radius 2 is 1.68 bits per heavy atom. The Labute approximate surface area is 164 Å². The second-order valence-corrected chi connectivity index (χ2v) is 9.25. The first kappa shape index (κ1) is 20.1. The third-order valence-electron chi connectivity index (χ3n) is 5.30. The number of carbonyl (C=O) groups excluding carboxylic acids is 2. The minimum absolute atomic E-state index is 0.145. The summed E-state index contributed by atoms with van der Waals surface area (Å²) in [4.78, 5) is 25.2. The van der Waals surface area contributed by atoms with Crippen LogP contribution in [0.2, 0.25) is 0 Å². The number of esters is 1. The molecule has 7 heteroatoms. The number of nitrogens with one attached hydrogen (secondary N) is 1. The summed E-state index contributed by atoms with van der Waals surface area (Å²) in [5.41, 5.74) is 1.42. The molecular formula is C21H23NO5S. The van der Waals surface area contributed by atoms with Crippen LogP contribution in [0, 0.1) is 6.92 Å². The van der Waals surface area contributed by atoms with Crippen molar-refractivity contribution in [1.29, 1.82) is 0 Å². The first-order valence-corrected chi connectivity index (χ1v) is 10.6. The average molecular weight is 401 g/mol. The van der Waals surface area contributed by atoms with Crippen molar-refractivity contribution in [3.05, 3.63) is 59.7 Å². The van der Waals surface area contributed by atoms with Crippen LogP contribution in [0.25, 0.3) is 0 Å². The minimum Gasteiger partial charge on any atom is -0.465 e. The molecule has 0 bridgehead atoms. The summed E-state index contributed by atoms with van der Waals surface area (Å²) in [5, 5.41) is 2.76. The number of rotatable bonds is 5. The molecule has 0 radical (unpaired) electrons. The molecule has 0 aromatic heterocycles. The third kappa shape index (κ3) is 3.42. The normalized spacial score (nSPS) is 15.8. The van der Waals surface area contributed by atoms with Gasteiger partial charge in [0, 0.05) is 5.69 Å². The van der Waals surface area contributed by atoms with Gasteiger partial charge in [-0.2, -0.15) is 0 Å². The van der Waals surface area contributed by atoms with Gasteiger partial charge in [-0.25, -0.2) is 13.2 Å². The molecular weight excluding hydrogens is 378 g/mol. The Kier molecular flexibility index (Phi) is 5.56. The second kappa shape index (κ2) is 7.75. The monoisotopic (exact) mass is 401 g/mol. The van der Waals surface area contributed by atoms with E-state index in [1.807, 2.05) is 0 Å². The molecule has 1 aliphatic rings. The van der Waals surface area contributed by atoms with Crippen LogP contribution >= 0.6 is 0 Å². The van der Waals surface area contributed by atoms with Gasteiger partial charge in [0.05, 0.1) is 17.6 Å². The SMILES string of the molecule is COC(=O)c1ccc(C)c(NC(=O)C2(S(=O)(=O)c3ccccc3)CCCC2)c1. The molecule has 0 spiro atoms. The van der Waals surface area contributed by atoms with Gasteiger partial charge >= 0.3 is 5.97 Å². The lowest BCUT2D eigenvalue weighted by molar-refractivity contribution is -0.118. The van der Waals surface area contributed by atoms with E-state index >= 15 is 0 Å². The largest absolute Gasteiger partial charge is 0.465 e. The standard InChI is InChI=1S/C21H23NO5S/c1-15-10-11-16(19(23)27-2)14-18(15)22-20(24)21(12-6-7-13-21)28(25,26)17-8-4-3-5-9-17/h3-5,8-11,14H,6-7,12-13H2,1-2H3,(H,22,24). The van der Waals surface area contributed by atoms with Gasteiger partial charge < -0.3 is 10.1 Å². The lowest BCUT2D eigenvalue weighted by Gasteiger charge is -2.28. The van der Waals surface area contributed by atoms with E-state index in [9.17, 15) is 18.0 Å². The summed E-state index contributed by atoms with van der Waals surface area (Å²) >= 11 is 0. The van der Waals surface area contributed by atoms with E-state index in [0.717, 1.165) is 5.56 Å². The van der Waals surface area contributed by atoms with Crippen molar-refractivity contribution in [2.45, 2.75) is 42.2 Å². The number of aryl methyl sites for hydroxylation is 1. The lowest BCUT2D eigenvalue weighted by atomic mass is 10.0. The maximum absolute atomic E-state index is 13.4. The number of benzene rings is 2. The first-order chi connectivity index (χ1) is 13.3. The average Bonchev–Trinajstić information content (AvgIpc) is 3.21. The van der Waals surface area contributed by atoms with Crippen LogP contribution in [0.1, 0.15) is 41.6 Å². The van der Waals surface area contributed by atoms with Gasteiger partial charge in [-0.3, -0.25) is 4.79 Å². The highest BCUT2D eigenvalue weighted by molar-refractivity contribution is 7.93. The molecule has 0 unspecified atom stereocenters. The smallest absolute Gasteiger partial charge is 0.337 e. The summed E-state index contributed by atoms with van der Waals surface area (Å²) < 4.78 is 29.9. The number of ether oxygens (including phenoxy) is 1. The molecule has 3 rings (SSSR count). The topological polar surface area (TPSA) is 89.5 Å². The van der Waals surface area contributed by atoms with E-state index in [0.29, 0.717) is 18.5 Å². The maximum Gasteiger partial charge on any atom is 0.337 e. The molecule has 6 nitrogen and oxygen atoms in total. The van der Waals surface area contributed by atoms with Crippen LogP contribution in [0.5, 0.6) is 0 Å². The highest BCUT2D eigenvalue weighted by Gasteiger charge is 2.53. The Morgan fingerprint density at radius 3 is 2.29 bits per heavy atom. The molecule has 0 heterocycles.